The maximum Gasteiger partial charge on any atom is 0.225 e. The van der Waals surface area contributed by atoms with Gasteiger partial charge < -0.3 is 26.6 Å². The molecule has 1 aliphatic heterocycles. The Balaban J connectivity index is 1.17. The summed E-state index contributed by atoms with van der Waals surface area (Å²) < 4.78 is 1.65. The number of fused-ring (bicyclic) bond motifs is 5. The zero-order valence-corrected chi connectivity index (χ0v) is 17.2. The Kier molecular flexibility index (Phi) is 4.83. The second-order valence-electron chi connectivity index (χ2n) is 8.95. The summed E-state index contributed by atoms with van der Waals surface area (Å²) in [6.45, 7) is 3.54. The zero-order chi connectivity index (χ0) is 20.9. The van der Waals surface area contributed by atoms with Crippen LogP contribution in [0.15, 0.2) is 18.5 Å². The van der Waals surface area contributed by atoms with Crippen molar-refractivity contribution in [3.05, 3.63) is 29.6 Å². The smallest absolute Gasteiger partial charge is 0.225 e. The average molecular weight is 414 g/mol. The van der Waals surface area contributed by atoms with Crippen molar-refractivity contribution in [2.75, 3.05) is 31.1 Å². The van der Waals surface area contributed by atoms with E-state index >= 15 is 0 Å². The minimum atomic E-state index is -0.927. The lowest BCUT2D eigenvalue weighted by Gasteiger charge is -2.43. The second kappa shape index (κ2) is 7.40. The third-order valence-electron chi connectivity index (χ3n) is 7.19. The van der Waals surface area contributed by atoms with E-state index < -0.39 is 5.79 Å². The van der Waals surface area contributed by atoms with Crippen LogP contribution < -0.4 is 16.4 Å². The molecule has 0 spiro atoms. The van der Waals surface area contributed by atoms with Crippen molar-refractivity contribution in [3.63, 3.8) is 0 Å². The van der Waals surface area contributed by atoms with Gasteiger partial charge in [-0.2, -0.15) is 0 Å². The van der Waals surface area contributed by atoms with Gasteiger partial charge in [0, 0.05) is 56.2 Å². The lowest BCUT2D eigenvalue weighted by Crippen LogP contribution is -2.67. The van der Waals surface area contributed by atoms with Gasteiger partial charge in [0.15, 0.2) is 11.8 Å². The first-order valence-corrected chi connectivity index (χ1v) is 10.9. The van der Waals surface area contributed by atoms with Gasteiger partial charge in [0.05, 0.1) is 0 Å². The van der Waals surface area contributed by atoms with Gasteiger partial charge >= 0.3 is 0 Å². The summed E-state index contributed by atoms with van der Waals surface area (Å²) in [6.07, 6.45) is 8.05. The van der Waals surface area contributed by atoms with E-state index in [9.17, 15) is 10.2 Å². The SMILES string of the molecule is NC(N)(CCCn1c(O)c2c(c1O)C1CCC2C1)N1CCN(c2ncccn2)CC1. The maximum absolute atomic E-state index is 10.7. The van der Waals surface area contributed by atoms with Crippen LogP contribution in [0.5, 0.6) is 11.8 Å². The van der Waals surface area contributed by atoms with Crippen LogP contribution in [-0.2, 0) is 6.54 Å². The molecule has 1 saturated heterocycles. The minimum Gasteiger partial charge on any atom is -0.494 e. The summed E-state index contributed by atoms with van der Waals surface area (Å²) in [5.41, 5.74) is 14.9. The van der Waals surface area contributed by atoms with E-state index in [4.69, 9.17) is 11.5 Å². The predicted molar refractivity (Wildman–Crippen MR) is 113 cm³/mol. The fourth-order valence-electron chi connectivity index (χ4n) is 5.61. The van der Waals surface area contributed by atoms with Crippen LogP contribution in [0.1, 0.15) is 55.1 Å². The molecule has 2 atom stereocenters. The van der Waals surface area contributed by atoms with E-state index in [1.807, 2.05) is 6.07 Å². The number of hydrogen-bond acceptors (Lipinski definition) is 8. The Morgan fingerprint density at radius 2 is 1.57 bits per heavy atom. The number of anilines is 1. The highest BCUT2D eigenvalue weighted by atomic mass is 16.3. The number of nitrogens with zero attached hydrogens (tertiary/aromatic N) is 5. The van der Waals surface area contributed by atoms with Crippen molar-refractivity contribution < 1.29 is 10.2 Å². The molecule has 3 aliphatic rings. The van der Waals surface area contributed by atoms with E-state index in [0.29, 0.717) is 31.2 Å². The molecule has 2 aromatic rings. The quantitative estimate of drug-likeness (QED) is 0.520. The Morgan fingerprint density at radius 1 is 0.967 bits per heavy atom. The van der Waals surface area contributed by atoms with Gasteiger partial charge in [-0.15, -0.1) is 0 Å². The lowest BCUT2D eigenvalue weighted by molar-refractivity contribution is 0.0780. The summed E-state index contributed by atoms with van der Waals surface area (Å²) in [5.74, 6) is 1.10. The molecule has 9 nitrogen and oxygen atoms in total. The van der Waals surface area contributed by atoms with Crippen molar-refractivity contribution >= 4 is 5.95 Å². The molecule has 0 radical (unpaired) electrons. The van der Waals surface area contributed by atoms with Crippen LogP contribution in [0.2, 0.25) is 0 Å². The molecule has 3 heterocycles. The molecule has 2 aliphatic carbocycles. The van der Waals surface area contributed by atoms with Gasteiger partial charge in [0.1, 0.15) is 5.79 Å². The molecule has 2 aromatic heterocycles. The van der Waals surface area contributed by atoms with Crippen molar-refractivity contribution in [3.8, 4) is 11.8 Å². The average Bonchev–Trinajstić information content (AvgIpc) is 3.44. The molecule has 162 valence electrons. The highest BCUT2D eigenvalue weighted by Crippen LogP contribution is 2.59. The van der Waals surface area contributed by atoms with Gasteiger partial charge in [-0.05, 0) is 50.0 Å². The van der Waals surface area contributed by atoms with Crippen LogP contribution >= 0.6 is 0 Å². The van der Waals surface area contributed by atoms with Crippen molar-refractivity contribution in [2.45, 2.75) is 56.3 Å². The van der Waals surface area contributed by atoms with E-state index in [0.717, 1.165) is 62.5 Å². The highest BCUT2D eigenvalue weighted by molar-refractivity contribution is 5.54. The molecule has 1 saturated carbocycles. The van der Waals surface area contributed by atoms with Gasteiger partial charge in [-0.25, -0.2) is 9.97 Å². The molecule has 9 heteroatoms. The Bertz CT molecular complexity index is 872. The van der Waals surface area contributed by atoms with E-state index in [1.54, 1.807) is 17.0 Å². The van der Waals surface area contributed by atoms with Crippen LogP contribution in [0.4, 0.5) is 5.95 Å². The summed E-state index contributed by atoms with van der Waals surface area (Å²) in [7, 11) is 0. The first kappa shape index (κ1) is 19.6. The number of aromatic nitrogens is 3. The summed E-state index contributed by atoms with van der Waals surface area (Å²) in [4.78, 5) is 12.9. The number of rotatable bonds is 6. The van der Waals surface area contributed by atoms with E-state index in [2.05, 4.69) is 19.8 Å². The number of aromatic hydroxyl groups is 2. The van der Waals surface area contributed by atoms with Crippen molar-refractivity contribution in [2.24, 2.45) is 11.5 Å². The second-order valence-corrected chi connectivity index (χ2v) is 8.95. The van der Waals surface area contributed by atoms with Gasteiger partial charge in [0.25, 0.3) is 0 Å². The molecular weight excluding hydrogens is 382 g/mol. The Hall–Kier alpha value is -2.36. The molecule has 6 N–H and O–H groups in total. The minimum absolute atomic E-state index is 0.241. The molecule has 2 unspecified atom stereocenters. The third-order valence-corrected chi connectivity index (χ3v) is 7.19. The lowest BCUT2D eigenvalue weighted by atomic mass is 9.95. The summed E-state index contributed by atoms with van der Waals surface area (Å²) in [6, 6.07) is 1.81. The number of piperazine rings is 1. The number of nitrogens with two attached hydrogens (primary N) is 2. The normalized spacial score (nSPS) is 23.9. The number of hydrogen-bond donors (Lipinski definition) is 4. The van der Waals surface area contributed by atoms with Crippen LogP contribution in [0, 0.1) is 0 Å². The monoisotopic (exact) mass is 413 g/mol. The summed E-state index contributed by atoms with van der Waals surface area (Å²) in [5, 5.41) is 21.4. The van der Waals surface area contributed by atoms with E-state index in [-0.39, 0.29) is 11.8 Å². The molecule has 0 aromatic carbocycles. The van der Waals surface area contributed by atoms with Crippen molar-refractivity contribution in [1.29, 1.82) is 0 Å². The van der Waals surface area contributed by atoms with Crippen LogP contribution in [0.3, 0.4) is 0 Å². The van der Waals surface area contributed by atoms with Crippen LogP contribution in [-0.4, -0.2) is 61.6 Å². The first-order chi connectivity index (χ1) is 14.5. The largest absolute Gasteiger partial charge is 0.494 e. The Labute approximate surface area is 176 Å². The maximum atomic E-state index is 10.7. The topological polar surface area (TPSA) is 130 Å². The van der Waals surface area contributed by atoms with Gasteiger partial charge in [-0.3, -0.25) is 9.47 Å². The van der Waals surface area contributed by atoms with E-state index in [1.165, 1.54) is 0 Å². The molecule has 30 heavy (non-hydrogen) atoms. The fourth-order valence-corrected chi connectivity index (χ4v) is 5.61. The third kappa shape index (κ3) is 3.21. The standard InChI is InChI=1S/C21H31N7O2/c22-21(23,27-11-9-26(10-12-27)20-24-6-2-7-25-20)5-1-8-28-18(29)16-14-3-4-15(13-14)17(16)19(28)30/h2,6-7,14-15,29-30H,1,3-5,8-13,22-23H2. The zero-order valence-electron chi connectivity index (χ0n) is 17.2. The molecular formula is C21H31N7O2. The Morgan fingerprint density at radius 3 is 2.17 bits per heavy atom. The summed E-state index contributed by atoms with van der Waals surface area (Å²) >= 11 is 0. The van der Waals surface area contributed by atoms with Gasteiger partial charge in [-0.1, -0.05) is 0 Å². The van der Waals surface area contributed by atoms with Crippen molar-refractivity contribution in [1.82, 2.24) is 19.4 Å². The molecule has 0 amide bonds. The molecule has 5 rings (SSSR count). The highest BCUT2D eigenvalue weighted by Gasteiger charge is 2.44. The van der Waals surface area contributed by atoms with Crippen LogP contribution in [0.25, 0.3) is 0 Å². The predicted octanol–water partition coefficient (Wildman–Crippen LogP) is 1.23. The first-order valence-electron chi connectivity index (χ1n) is 10.9. The van der Waals surface area contributed by atoms with Gasteiger partial charge in [0.2, 0.25) is 5.95 Å². The fraction of sp³-hybridized carbons (Fsp3) is 0.619. The molecule has 2 fully saturated rings. The molecule has 2 bridgehead atoms.